The monoisotopic (exact) mass is 388 g/mol. The van der Waals surface area contributed by atoms with Gasteiger partial charge in [-0.3, -0.25) is 4.98 Å². The first-order valence-corrected chi connectivity index (χ1v) is 9.80. The molecule has 9 heteroatoms. The minimum Gasteiger partial charge on any atom is -0.339 e. The zero-order valence-corrected chi connectivity index (χ0v) is 15.4. The van der Waals surface area contributed by atoms with E-state index in [1.807, 2.05) is 0 Å². The Kier molecular flexibility index (Phi) is 3.90. The van der Waals surface area contributed by atoms with Crippen LogP contribution in [0.25, 0.3) is 11.4 Å². The number of benzene rings is 1. The third-order valence-corrected chi connectivity index (χ3v) is 6.00. The van der Waals surface area contributed by atoms with Crippen molar-refractivity contribution in [3.05, 3.63) is 60.0 Å². The topological polar surface area (TPSA) is 112 Å². The number of sulfonamides is 1. The molecule has 1 fully saturated rings. The summed E-state index contributed by atoms with van der Waals surface area (Å²) < 4.78 is 41.6. The first-order valence-electron chi connectivity index (χ1n) is 8.25. The Hall–Kier alpha value is -2.65. The molecule has 0 radical (unpaired) electrons. The minimum atomic E-state index is -3.73. The Bertz CT molecular complexity index is 1110. The van der Waals surface area contributed by atoms with Crippen LogP contribution in [0.3, 0.4) is 0 Å². The number of pyridine rings is 1. The number of rotatable bonds is 4. The molecule has 27 heavy (non-hydrogen) atoms. The Balaban J connectivity index is 1.62. The summed E-state index contributed by atoms with van der Waals surface area (Å²) in [5, 5.41) is 9.09. The number of primary sulfonamides is 1. The first kappa shape index (κ1) is 17.7. The molecule has 3 aromatic rings. The smallest absolute Gasteiger partial charge is 0.238 e. The van der Waals surface area contributed by atoms with E-state index in [9.17, 15) is 12.8 Å². The number of aromatic nitrogens is 3. The van der Waals surface area contributed by atoms with Crippen molar-refractivity contribution in [1.82, 2.24) is 15.1 Å². The van der Waals surface area contributed by atoms with Crippen LogP contribution in [0.5, 0.6) is 0 Å². The summed E-state index contributed by atoms with van der Waals surface area (Å²) in [5.41, 5.74) is 1.26. The van der Waals surface area contributed by atoms with Gasteiger partial charge < -0.3 is 4.52 Å². The van der Waals surface area contributed by atoms with Crippen molar-refractivity contribution in [3.8, 4) is 11.4 Å². The summed E-state index contributed by atoms with van der Waals surface area (Å²) in [5.74, 6) is 0.327. The van der Waals surface area contributed by atoms with Gasteiger partial charge in [0.05, 0.1) is 17.0 Å². The van der Waals surface area contributed by atoms with Crippen LogP contribution in [0.2, 0.25) is 0 Å². The van der Waals surface area contributed by atoms with Gasteiger partial charge in [-0.2, -0.15) is 4.98 Å². The lowest BCUT2D eigenvalue weighted by molar-refractivity contribution is 0.368. The molecule has 2 N–H and O–H groups in total. The van der Waals surface area contributed by atoms with Crippen LogP contribution in [0.4, 0.5) is 4.39 Å². The van der Waals surface area contributed by atoms with Crippen molar-refractivity contribution in [2.45, 2.75) is 30.6 Å². The highest BCUT2D eigenvalue weighted by atomic mass is 32.2. The molecule has 0 bridgehead atoms. The molecule has 1 aromatic carbocycles. The lowest BCUT2D eigenvalue weighted by Crippen LogP contribution is -2.11. The summed E-state index contributed by atoms with van der Waals surface area (Å²) in [4.78, 5) is 8.27. The molecule has 0 aliphatic heterocycles. The van der Waals surface area contributed by atoms with Crippen LogP contribution in [0.1, 0.15) is 37.1 Å². The zero-order chi connectivity index (χ0) is 19.4. The van der Waals surface area contributed by atoms with Crippen molar-refractivity contribution >= 4 is 10.0 Å². The summed E-state index contributed by atoms with van der Waals surface area (Å²) >= 11 is 0. The molecule has 1 aliphatic rings. The van der Waals surface area contributed by atoms with Gasteiger partial charge in [0.1, 0.15) is 5.82 Å². The van der Waals surface area contributed by atoms with Crippen molar-refractivity contribution in [3.63, 3.8) is 0 Å². The van der Waals surface area contributed by atoms with Crippen molar-refractivity contribution < 1.29 is 17.3 Å². The maximum atomic E-state index is 13.4. The van der Waals surface area contributed by atoms with Crippen molar-refractivity contribution in [1.29, 1.82) is 0 Å². The predicted octanol–water partition coefficient (Wildman–Crippen LogP) is 2.83. The van der Waals surface area contributed by atoms with E-state index in [1.54, 1.807) is 12.1 Å². The summed E-state index contributed by atoms with van der Waals surface area (Å²) in [6, 6.07) is 7.78. The van der Waals surface area contributed by atoms with Crippen LogP contribution in [-0.4, -0.2) is 23.5 Å². The second-order valence-electron chi connectivity index (χ2n) is 7.24. The van der Waals surface area contributed by atoms with Crippen molar-refractivity contribution in [2.24, 2.45) is 10.6 Å². The fourth-order valence-electron chi connectivity index (χ4n) is 3.60. The molecular formula is C18H17FN4O3S. The van der Waals surface area contributed by atoms with E-state index in [4.69, 9.17) is 9.66 Å². The average molecular weight is 388 g/mol. The third kappa shape index (κ3) is 3.13. The molecular weight excluding hydrogens is 371 g/mol. The van der Waals surface area contributed by atoms with E-state index in [0.717, 1.165) is 11.8 Å². The lowest BCUT2D eigenvalue weighted by atomic mass is 10.0. The summed E-state index contributed by atoms with van der Waals surface area (Å²) in [6.07, 6.45) is 2.58. The van der Waals surface area contributed by atoms with E-state index in [0.29, 0.717) is 11.5 Å². The molecule has 2 aromatic heterocycles. The first-order chi connectivity index (χ1) is 12.7. The van der Waals surface area contributed by atoms with Gasteiger partial charge in [-0.15, -0.1) is 0 Å². The lowest BCUT2D eigenvalue weighted by Gasteiger charge is -2.04. The summed E-state index contributed by atoms with van der Waals surface area (Å²) in [6.45, 7) is 4.15. The number of hydrogen-bond donors (Lipinski definition) is 1. The number of halogens is 1. The van der Waals surface area contributed by atoms with Crippen LogP contribution in [-0.2, 0) is 10.0 Å². The predicted molar refractivity (Wildman–Crippen MR) is 94.6 cm³/mol. The zero-order valence-electron chi connectivity index (χ0n) is 14.6. The second kappa shape index (κ2) is 5.93. The largest absolute Gasteiger partial charge is 0.339 e. The molecule has 2 heterocycles. The number of nitrogens with two attached hydrogens (primary N) is 1. The summed E-state index contributed by atoms with van der Waals surface area (Å²) in [7, 11) is -3.73. The maximum absolute atomic E-state index is 13.4. The van der Waals surface area contributed by atoms with Crippen LogP contribution in [0.15, 0.2) is 52.1 Å². The standard InChI is InChI=1S/C18H17FN4O3S/c1-18(2)14(10-3-5-13(6-4-10)27(20,24)25)15(18)17-22-16(23-26-17)11-7-12(19)9-21-8-11/h3-9,14-15H,1-2H3,(H2,20,24,25)/t14-,15+/m0/s1. The molecule has 0 unspecified atom stereocenters. The molecule has 0 spiro atoms. The number of hydrogen-bond acceptors (Lipinski definition) is 6. The normalized spacial score (nSPS) is 21.2. The molecule has 1 saturated carbocycles. The van der Waals surface area contributed by atoms with Gasteiger partial charge in [-0.1, -0.05) is 31.1 Å². The Morgan fingerprint density at radius 2 is 1.85 bits per heavy atom. The quantitative estimate of drug-likeness (QED) is 0.735. The van der Waals surface area contributed by atoms with Gasteiger partial charge in [0, 0.05) is 17.7 Å². The molecule has 0 saturated heterocycles. The molecule has 0 amide bonds. The average Bonchev–Trinajstić information content (AvgIpc) is 2.94. The fourth-order valence-corrected chi connectivity index (χ4v) is 4.11. The van der Waals surface area contributed by atoms with Crippen molar-refractivity contribution in [2.75, 3.05) is 0 Å². The van der Waals surface area contributed by atoms with Crippen LogP contribution < -0.4 is 5.14 Å². The Morgan fingerprint density at radius 3 is 2.48 bits per heavy atom. The fraction of sp³-hybridized carbons (Fsp3) is 0.278. The van der Waals surface area contributed by atoms with Gasteiger partial charge in [0.25, 0.3) is 0 Å². The van der Waals surface area contributed by atoms with E-state index in [-0.39, 0.29) is 28.0 Å². The van der Waals surface area contributed by atoms with E-state index >= 15 is 0 Å². The van der Waals surface area contributed by atoms with E-state index in [1.165, 1.54) is 24.4 Å². The Labute approximate surface area is 155 Å². The van der Waals surface area contributed by atoms with Gasteiger partial charge in [0.15, 0.2) is 0 Å². The third-order valence-electron chi connectivity index (χ3n) is 5.07. The maximum Gasteiger partial charge on any atom is 0.238 e. The van der Waals surface area contributed by atoms with Crippen LogP contribution in [0, 0.1) is 11.2 Å². The highest BCUT2D eigenvalue weighted by Gasteiger charge is 2.62. The SMILES string of the molecule is CC1(C)[C@@H](c2ccc(S(N)(=O)=O)cc2)[C@@H]1c1nc(-c2cncc(F)c2)no1. The Morgan fingerprint density at radius 1 is 1.15 bits per heavy atom. The highest BCUT2D eigenvalue weighted by molar-refractivity contribution is 7.89. The minimum absolute atomic E-state index is 0.0272. The van der Waals surface area contributed by atoms with E-state index < -0.39 is 15.8 Å². The van der Waals surface area contributed by atoms with Gasteiger partial charge >= 0.3 is 0 Å². The van der Waals surface area contributed by atoms with Gasteiger partial charge in [-0.05, 0) is 29.2 Å². The molecule has 7 nitrogen and oxygen atoms in total. The molecule has 2 atom stereocenters. The van der Waals surface area contributed by atoms with Crippen LogP contribution >= 0.6 is 0 Å². The molecule has 4 rings (SSSR count). The number of nitrogens with zero attached hydrogens (tertiary/aromatic N) is 3. The van der Waals surface area contributed by atoms with Gasteiger partial charge in [0.2, 0.25) is 21.7 Å². The van der Waals surface area contributed by atoms with E-state index in [2.05, 4.69) is 29.0 Å². The highest BCUT2D eigenvalue weighted by Crippen LogP contribution is 2.69. The van der Waals surface area contributed by atoms with Gasteiger partial charge in [-0.25, -0.2) is 17.9 Å². The molecule has 1 aliphatic carbocycles. The second-order valence-corrected chi connectivity index (χ2v) is 8.80. The molecule has 140 valence electrons.